The largest absolute Gasteiger partial charge is 0.493 e. The summed E-state index contributed by atoms with van der Waals surface area (Å²) in [6, 6.07) is 7.50. The maximum atomic E-state index is 11.8. The molecule has 0 radical (unpaired) electrons. The fourth-order valence-electron chi connectivity index (χ4n) is 2.71. The summed E-state index contributed by atoms with van der Waals surface area (Å²) in [5.74, 6) is 0.0918. The van der Waals surface area contributed by atoms with E-state index in [-0.39, 0.29) is 5.92 Å². The quantitative estimate of drug-likeness (QED) is 0.874. The molecule has 1 aromatic carbocycles. The highest BCUT2D eigenvalue weighted by molar-refractivity contribution is 5.83. The number of fused-ring (bicyclic) bond motifs is 1. The number of rotatable bonds is 3. The Morgan fingerprint density at radius 3 is 2.88 bits per heavy atom. The van der Waals surface area contributed by atoms with Crippen LogP contribution in [0.25, 0.3) is 0 Å². The Labute approximate surface area is 101 Å². The molecule has 0 aliphatic carbocycles. The van der Waals surface area contributed by atoms with Gasteiger partial charge in [-0.3, -0.25) is 4.79 Å². The Kier molecular flexibility index (Phi) is 3.09. The van der Waals surface area contributed by atoms with Gasteiger partial charge in [-0.2, -0.15) is 0 Å². The molecule has 1 aliphatic heterocycles. The highest BCUT2D eigenvalue weighted by Gasteiger charge is 2.48. The summed E-state index contributed by atoms with van der Waals surface area (Å²) >= 11 is 0. The van der Waals surface area contributed by atoms with E-state index in [0.29, 0.717) is 13.0 Å². The lowest BCUT2D eigenvalue weighted by atomic mass is 9.66. The maximum absolute atomic E-state index is 11.8. The second-order valence-corrected chi connectivity index (χ2v) is 4.68. The van der Waals surface area contributed by atoms with E-state index in [4.69, 9.17) is 4.74 Å². The zero-order valence-electron chi connectivity index (χ0n) is 10.3. The fraction of sp³-hybridized carbons (Fsp3) is 0.500. The Morgan fingerprint density at radius 1 is 1.53 bits per heavy atom. The van der Waals surface area contributed by atoms with Gasteiger partial charge in [0.1, 0.15) is 11.2 Å². The van der Waals surface area contributed by atoms with E-state index in [0.717, 1.165) is 17.7 Å². The number of hydrogen-bond donors (Lipinski definition) is 1. The van der Waals surface area contributed by atoms with Gasteiger partial charge in [0.25, 0.3) is 0 Å². The Balaban J connectivity index is 2.59. The summed E-state index contributed by atoms with van der Waals surface area (Å²) in [6.45, 7) is 4.53. The number of carboxylic acids is 1. The van der Waals surface area contributed by atoms with Gasteiger partial charge in [-0.15, -0.1) is 0 Å². The third kappa shape index (κ3) is 1.70. The predicted molar refractivity (Wildman–Crippen MR) is 65.3 cm³/mol. The summed E-state index contributed by atoms with van der Waals surface area (Å²) in [5, 5.41) is 9.68. The van der Waals surface area contributed by atoms with E-state index >= 15 is 0 Å². The minimum absolute atomic E-state index is 0.102. The van der Waals surface area contributed by atoms with E-state index < -0.39 is 11.4 Å². The third-order valence-corrected chi connectivity index (χ3v) is 3.96. The van der Waals surface area contributed by atoms with E-state index in [1.165, 1.54) is 0 Å². The Hall–Kier alpha value is -1.51. The van der Waals surface area contributed by atoms with Crippen LogP contribution in [-0.2, 0) is 10.2 Å². The molecule has 2 rings (SSSR count). The fourth-order valence-corrected chi connectivity index (χ4v) is 2.71. The minimum atomic E-state index is -0.788. The van der Waals surface area contributed by atoms with Crippen LogP contribution < -0.4 is 4.74 Å². The molecule has 2 unspecified atom stereocenters. The molecule has 1 aliphatic rings. The number of hydrogen-bond acceptors (Lipinski definition) is 2. The molecule has 3 heteroatoms. The first-order chi connectivity index (χ1) is 8.13. The SMILES string of the molecule is CCC(C)C1(C(=O)O)CCOc2ccccc21. The van der Waals surface area contributed by atoms with Crippen molar-refractivity contribution < 1.29 is 14.6 Å². The molecule has 0 fully saturated rings. The van der Waals surface area contributed by atoms with Crippen LogP contribution in [0.1, 0.15) is 32.3 Å². The number of para-hydroxylation sites is 1. The summed E-state index contributed by atoms with van der Waals surface area (Å²) in [7, 11) is 0. The van der Waals surface area contributed by atoms with Crippen molar-refractivity contribution in [1.29, 1.82) is 0 Å². The smallest absolute Gasteiger partial charge is 0.314 e. The normalized spacial score (nSPS) is 24.6. The van der Waals surface area contributed by atoms with Crippen molar-refractivity contribution in [2.75, 3.05) is 6.61 Å². The summed E-state index contributed by atoms with van der Waals surface area (Å²) in [6.07, 6.45) is 1.40. The number of carboxylic acid groups (broad SMARTS) is 1. The second kappa shape index (κ2) is 4.40. The van der Waals surface area contributed by atoms with Crippen LogP contribution in [0.4, 0.5) is 0 Å². The standard InChI is InChI=1S/C14H18O3/c1-3-10(2)14(13(15)16)8-9-17-12-7-5-4-6-11(12)14/h4-7,10H,3,8-9H2,1-2H3,(H,15,16). The summed E-state index contributed by atoms with van der Waals surface area (Å²) < 4.78 is 5.56. The van der Waals surface area contributed by atoms with Gasteiger partial charge in [-0.1, -0.05) is 38.5 Å². The number of ether oxygens (including phenoxy) is 1. The van der Waals surface area contributed by atoms with Crippen molar-refractivity contribution in [3.8, 4) is 5.75 Å². The molecule has 17 heavy (non-hydrogen) atoms. The number of aliphatic carboxylic acids is 1. The lowest BCUT2D eigenvalue weighted by Crippen LogP contribution is -2.45. The number of benzene rings is 1. The van der Waals surface area contributed by atoms with Crippen LogP contribution >= 0.6 is 0 Å². The Morgan fingerprint density at radius 2 is 2.24 bits per heavy atom. The topological polar surface area (TPSA) is 46.5 Å². The highest BCUT2D eigenvalue weighted by atomic mass is 16.5. The molecule has 0 saturated carbocycles. The van der Waals surface area contributed by atoms with Crippen LogP contribution in [-0.4, -0.2) is 17.7 Å². The van der Waals surface area contributed by atoms with Gasteiger partial charge in [0, 0.05) is 12.0 Å². The van der Waals surface area contributed by atoms with Crippen molar-refractivity contribution in [3.05, 3.63) is 29.8 Å². The van der Waals surface area contributed by atoms with E-state index in [1.807, 2.05) is 38.1 Å². The monoisotopic (exact) mass is 234 g/mol. The van der Waals surface area contributed by atoms with E-state index in [1.54, 1.807) is 0 Å². The lowest BCUT2D eigenvalue weighted by molar-refractivity contribution is -0.147. The summed E-state index contributed by atoms with van der Waals surface area (Å²) in [5.41, 5.74) is 0.0388. The van der Waals surface area contributed by atoms with Crippen molar-refractivity contribution in [1.82, 2.24) is 0 Å². The van der Waals surface area contributed by atoms with Crippen LogP contribution in [0, 0.1) is 5.92 Å². The van der Waals surface area contributed by atoms with Gasteiger partial charge in [0.05, 0.1) is 6.61 Å². The van der Waals surface area contributed by atoms with Crippen molar-refractivity contribution >= 4 is 5.97 Å². The zero-order valence-corrected chi connectivity index (χ0v) is 10.3. The minimum Gasteiger partial charge on any atom is -0.493 e. The first kappa shape index (κ1) is 12.0. The van der Waals surface area contributed by atoms with Crippen molar-refractivity contribution in [3.63, 3.8) is 0 Å². The summed E-state index contributed by atoms with van der Waals surface area (Å²) in [4.78, 5) is 11.8. The van der Waals surface area contributed by atoms with Gasteiger partial charge in [0.15, 0.2) is 0 Å². The molecule has 0 saturated heterocycles. The first-order valence-corrected chi connectivity index (χ1v) is 6.08. The van der Waals surface area contributed by atoms with Gasteiger partial charge in [0.2, 0.25) is 0 Å². The van der Waals surface area contributed by atoms with Gasteiger partial charge in [-0.25, -0.2) is 0 Å². The molecule has 1 heterocycles. The molecule has 3 nitrogen and oxygen atoms in total. The molecule has 1 N–H and O–H groups in total. The van der Waals surface area contributed by atoms with Crippen LogP contribution in [0.15, 0.2) is 24.3 Å². The maximum Gasteiger partial charge on any atom is 0.314 e. The van der Waals surface area contributed by atoms with Crippen LogP contribution in [0.3, 0.4) is 0 Å². The van der Waals surface area contributed by atoms with Crippen molar-refractivity contribution in [2.24, 2.45) is 5.92 Å². The molecule has 0 bridgehead atoms. The van der Waals surface area contributed by atoms with Crippen molar-refractivity contribution in [2.45, 2.75) is 32.1 Å². The molecule has 0 spiro atoms. The van der Waals surface area contributed by atoms with Gasteiger partial charge in [-0.05, 0) is 12.0 Å². The molecular formula is C14H18O3. The van der Waals surface area contributed by atoms with Gasteiger partial charge >= 0.3 is 5.97 Å². The molecule has 92 valence electrons. The molecule has 2 atom stereocenters. The van der Waals surface area contributed by atoms with Crippen LogP contribution in [0.5, 0.6) is 5.75 Å². The second-order valence-electron chi connectivity index (χ2n) is 4.68. The first-order valence-electron chi connectivity index (χ1n) is 6.08. The van der Waals surface area contributed by atoms with E-state index in [9.17, 15) is 9.90 Å². The third-order valence-electron chi connectivity index (χ3n) is 3.96. The highest BCUT2D eigenvalue weighted by Crippen LogP contribution is 2.45. The molecule has 0 aromatic heterocycles. The zero-order chi connectivity index (χ0) is 12.5. The van der Waals surface area contributed by atoms with E-state index in [2.05, 4.69) is 0 Å². The lowest BCUT2D eigenvalue weighted by Gasteiger charge is -2.39. The van der Waals surface area contributed by atoms with Crippen LogP contribution in [0.2, 0.25) is 0 Å². The predicted octanol–water partition coefficient (Wildman–Crippen LogP) is 2.84. The molecular weight excluding hydrogens is 216 g/mol. The Bertz CT molecular complexity index is 427. The van der Waals surface area contributed by atoms with Gasteiger partial charge < -0.3 is 9.84 Å². The molecule has 0 amide bonds. The molecule has 1 aromatic rings. The average molecular weight is 234 g/mol. The number of carbonyl (C=O) groups is 1. The average Bonchev–Trinajstić information content (AvgIpc) is 2.36.